The SMILES string of the molecule is CCCCCC(NC(=O)C(NC(=O)CNC(=O)CCCC(=O)O)C(C)OCc1ccccc1)C(=O)N1CCCC1C(=O)N1CCCC1C(=O)CC(CCCN/C(N)=N\[N+](=O)[O-])C(=O)OCc1ccccc1. The van der Waals surface area contributed by atoms with E-state index in [9.17, 15) is 48.5 Å². The molecule has 0 aliphatic carbocycles. The van der Waals surface area contributed by atoms with Gasteiger partial charge in [0, 0.05) is 38.9 Å². The van der Waals surface area contributed by atoms with E-state index in [1.807, 2.05) is 43.3 Å². The number of hydrazone groups is 1. The van der Waals surface area contributed by atoms with Crippen molar-refractivity contribution in [2.45, 2.75) is 147 Å². The molecule has 2 heterocycles. The number of guanidine groups is 1. The van der Waals surface area contributed by atoms with Crippen LogP contribution in [0.4, 0.5) is 0 Å². The average Bonchev–Trinajstić information content (AvgIpc) is 4.06. The van der Waals surface area contributed by atoms with Crippen LogP contribution >= 0.6 is 0 Å². The fraction of sp³-hybridized carbons (Fsp3) is 0.571. The second-order valence-electron chi connectivity index (χ2n) is 17.8. The molecule has 2 aliphatic rings. The maximum Gasteiger partial charge on any atom is 0.309 e. The van der Waals surface area contributed by atoms with Gasteiger partial charge in [-0.3, -0.25) is 38.4 Å². The van der Waals surface area contributed by atoms with E-state index in [0.717, 1.165) is 24.0 Å². The molecule has 0 saturated carbocycles. The summed E-state index contributed by atoms with van der Waals surface area (Å²) in [5.41, 5.74) is 7.09. The summed E-state index contributed by atoms with van der Waals surface area (Å²) in [7, 11) is 0. The summed E-state index contributed by atoms with van der Waals surface area (Å²) in [5.74, 6) is -6.27. The lowest BCUT2D eigenvalue weighted by Crippen LogP contribution is -2.60. The lowest BCUT2D eigenvalue weighted by atomic mass is 9.93. The van der Waals surface area contributed by atoms with Gasteiger partial charge in [0.2, 0.25) is 29.5 Å². The van der Waals surface area contributed by atoms with Crippen LogP contribution in [0.2, 0.25) is 0 Å². The molecular formula is C49H69N9O13. The Hall–Kier alpha value is -6.97. The molecule has 7 N–H and O–H groups in total. The van der Waals surface area contributed by atoms with E-state index >= 15 is 0 Å². The van der Waals surface area contributed by atoms with Crippen molar-refractivity contribution in [1.82, 2.24) is 31.1 Å². The van der Waals surface area contributed by atoms with E-state index in [-0.39, 0.29) is 83.6 Å². The molecule has 5 amide bonds. The minimum Gasteiger partial charge on any atom is -0.481 e. The molecule has 2 aliphatic heterocycles. The Bertz CT molecular complexity index is 2150. The first-order chi connectivity index (χ1) is 34.1. The van der Waals surface area contributed by atoms with Gasteiger partial charge in [-0.25, -0.2) is 10.1 Å². The van der Waals surface area contributed by atoms with E-state index in [1.54, 1.807) is 31.2 Å². The van der Waals surface area contributed by atoms with Gasteiger partial charge in [-0.15, -0.1) is 0 Å². The predicted molar refractivity (Wildman–Crippen MR) is 258 cm³/mol. The highest BCUT2D eigenvalue weighted by molar-refractivity contribution is 5.97. The third-order valence-corrected chi connectivity index (χ3v) is 12.3. The van der Waals surface area contributed by atoms with Crippen LogP contribution in [-0.4, -0.2) is 130 Å². The van der Waals surface area contributed by atoms with E-state index in [1.165, 1.54) is 9.80 Å². The number of benzene rings is 2. The van der Waals surface area contributed by atoms with Crippen LogP contribution in [0.3, 0.4) is 0 Å². The van der Waals surface area contributed by atoms with Crippen LogP contribution in [0.1, 0.15) is 115 Å². The fourth-order valence-corrected chi connectivity index (χ4v) is 8.56. The third kappa shape index (κ3) is 19.4. The van der Waals surface area contributed by atoms with Gasteiger partial charge in [-0.1, -0.05) is 86.8 Å². The smallest absolute Gasteiger partial charge is 0.309 e. The Labute approximate surface area is 413 Å². The van der Waals surface area contributed by atoms with Crippen LogP contribution in [0.5, 0.6) is 0 Å². The Morgan fingerprint density at radius 3 is 2.11 bits per heavy atom. The second-order valence-corrected chi connectivity index (χ2v) is 17.8. The molecule has 6 atom stereocenters. The number of carbonyl (C=O) groups is 8. The van der Waals surface area contributed by atoms with Gasteiger partial charge in [-0.2, -0.15) is 0 Å². The number of nitrogens with zero attached hydrogens (tertiary/aromatic N) is 4. The number of likely N-dealkylation sites (tertiary alicyclic amines) is 2. The summed E-state index contributed by atoms with van der Waals surface area (Å²) < 4.78 is 11.7. The van der Waals surface area contributed by atoms with E-state index in [0.29, 0.717) is 32.1 Å². The number of nitrogens with one attached hydrogen (secondary N) is 4. The van der Waals surface area contributed by atoms with Crippen LogP contribution in [0.25, 0.3) is 0 Å². The maximum absolute atomic E-state index is 14.6. The van der Waals surface area contributed by atoms with Crippen LogP contribution in [0, 0.1) is 16.0 Å². The number of nitrogens with two attached hydrogens (primary N) is 1. The van der Waals surface area contributed by atoms with Gasteiger partial charge in [0.15, 0.2) is 10.8 Å². The van der Waals surface area contributed by atoms with Gasteiger partial charge >= 0.3 is 11.9 Å². The Morgan fingerprint density at radius 2 is 1.46 bits per heavy atom. The number of unbranched alkanes of at least 4 members (excludes halogenated alkanes) is 2. The molecule has 0 radical (unpaired) electrons. The van der Waals surface area contributed by atoms with Crippen molar-refractivity contribution < 1.29 is 58.0 Å². The number of hydrogen-bond donors (Lipinski definition) is 6. The first-order valence-corrected chi connectivity index (χ1v) is 24.4. The van der Waals surface area contributed by atoms with Crippen molar-refractivity contribution in [2.75, 3.05) is 26.2 Å². The first kappa shape index (κ1) is 56.6. The van der Waals surface area contributed by atoms with Crippen molar-refractivity contribution in [3.63, 3.8) is 0 Å². The van der Waals surface area contributed by atoms with E-state index in [4.69, 9.17) is 20.3 Å². The van der Waals surface area contributed by atoms with Crippen molar-refractivity contribution in [3.05, 3.63) is 81.9 Å². The maximum atomic E-state index is 14.6. The van der Waals surface area contributed by atoms with Crippen molar-refractivity contribution >= 4 is 53.2 Å². The molecule has 388 valence electrons. The number of rotatable bonds is 30. The number of carboxylic acid groups (broad SMARTS) is 1. The van der Waals surface area contributed by atoms with Gasteiger partial charge in [0.25, 0.3) is 5.96 Å². The molecule has 0 spiro atoms. The zero-order valence-corrected chi connectivity index (χ0v) is 40.6. The Morgan fingerprint density at radius 1 is 0.817 bits per heavy atom. The molecule has 2 aromatic carbocycles. The molecule has 2 aromatic rings. The summed E-state index contributed by atoms with van der Waals surface area (Å²) in [6.45, 7) is 3.72. The number of hydrogen-bond acceptors (Lipinski definition) is 12. The molecule has 4 rings (SSSR count). The molecule has 0 bridgehead atoms. The summed E-state index contributed by atoms with van der Waals surface area (Å²) in [6, 6.07) is 13.9. The van der Waals surface area contributed by atoms with Gasteiger partial charge in [-0.05, 0) is 69.4 Å². The number of ketones is 1. The number of esters is 1. The molecule has 6 unspecified atom stereocenters. The van der Waals surface area contributed by atoms with Crippen molar-refractivity contribution in [3.8, 4) is 0 Å². The number of carboxylic acids is 1. The predicted octanol–water partition coefficient (Wildman–Crippen LogP) is 2.69. The Kier molecular flexibility index (Phi) is 23.9. The van der Waals surface area contributed by atoms with Gasteiger partial charge < -0.3 is 51.4 Å². The van der Waals surface area contributed by atoms with Crippen molar-refractivity contribution in [2.24, 2.45) is 16.8 Å². The minimum atomic E-state index is -1.33. The van der Waals surface area contributed by atoms with Crippen LogP contribution in [0.15, 0.2) is 65.8 Å². The highest BCUT2D eigenvalue weighted by Crippen LogP contribution is 2.29. The number of carbonyl (C=O) groups excluding carboxylic acids is 7. The number of aliphatic carboxylic acids is 1. The van der Waals surface area contributed by atoms with Gasteiger partial charge in [0.1, 0.15) is 29.8 Å². The second kappa shape index (κ2) is 29.9. The quantitative estimate of drug-likeness (QED) is 0.0164. The third-order valence-electron chi connectivity index (χ3n) is 12.3. The first-order valence-electron chi connectivity index (χ1n) is 24.4. The zero-order valence-electron chi connectivity index (χ0n) is 40.6. The summed E-state index contributed by atoms with van der Waals surface area (Å²) >= 11 is 0. The molecule has 2 saturated heterocycles. The van der Waals surface area contributed by atoms with Crippen molar-refractivity contribution in [1.29, 1.82) is 0 Å². The number of Topliss-reactive ketones (excluding diaryl/α,β-unsaturated/α-hetero) is 1. The monoisotopic (exact) mass is 992 g/mol. The van der Waals surface area contributed by atoms with Gasteiger partial charge in [0.05, 0.1) is 31.2 Å². The summed E-state index contributed by atoms with van der Waals surface area (Å²) in [6.07, 6.45) is 2.96. The molecule has 2 fully saturated rings. The molecule has 0 aromatic heterocycles. The standard InChI is InChI=1S/C49H69N9O13/c1-3-4-7-21-37(53-45(64)44(33(2)70-31-34-16-8-5-9-17-34)54-42(61)30-52-41(60)24-12-25-43(62)63)46(65)57-28-15-23-39(57)47(66)56-27-14-22-38(56)40(59)29-36(20-13-26-51-49(50)55-58(68)69)48(67)71-32-35-18-10-6-11-19-35/h5-6,8-11,16-19,33,36-39,44H,3-4,7,12-15,20-32H2,1-2H3,(H,52,60)(H,53,64)(H,54,61)(H,62,63)(H3,50,51,55). The normalized spacial score (nSPS) is 17.3. The molecule has 71 heavy (non-hydrogen) atoms. The summed E-state index contributed by atoms with van der Waals surface area (Å²) in [5, 5.41) is 32.2. The Balaban J connectivity index is 1.48. The summed E-state index contributed by atoms with van der Waals surface area (Å²) in [4.78, 5) is 121. The van der Waals surface area contributed by atoms with Crippen LogP contribution in [-0.2, 0) is 61.0 Å². The van der Waals surface area contributed by atoms with E-state index in [2.05, 4.69) is 26.4 Å². The number of amides is 5. The lowest BCUT2D eigenvalue weighted by molar-refractivity contribution is -0.485. The van der Waals surface area contributed by atoms with E-state index < -0.39 is 95.2 Å². The molecular weight excluding hydrogens is 923 g/mol. The highest BCUT2D eigenvalue weighted by Gasteiger charge is 2.44. The highest BCUT2D eigenvalue weighted by atomic mass is 16.7. The lowest BCUT2D eigenvalue weighted by Gasteiger charge is -2.34. The molecule has 22 heteroatoms. The van der Waals surface area contributed by atoms with Crippen LogP contribution < -0.4 is 27.0 Å². The number of ether oxygens (including phenoxy) is 2. The largest absolute Gasteiger partial charge is 0.481 e. The number of nitro groups is 1. The fourth-order valence-electron chi connectivity index (χ4n) is 8.56. The average molecular weight is 992 g/mol. The zero-order chi connectivity index (χ0) is 51.7. The topological polar surface area (TPSA) is 311 Å². The molecule has 22 nitrogen and oxygen atoms in total. The minimum absolute atomic E-state index is 0.0284.